The van der Waals surface area contributed by atoms with Crippen LogP contribution < -0.4 is 5.32 Å². The van der Waals surface area contributed by atoms with E-state index < -0.39 is 0 Å². The maximum Gasteiger partial charge on any atom is 0.277 e. The van der Waals surface area contributed by atoms with Crippen molar-refractivity contribution in [3.05, 3.63) is 70.6 Å². The quantitative estimate of drug-likeness (QED) is 0.647. The average Bonchev–Trinajstić information content (AvgIpc) is 3.10. The van der Waals surface area contributed by atoms with Crippen molar-refractivity contribution in [2.24, 2.45) is 0 Å². The van der Waals surface area contributed by atoms with Crippen molar-refractivity contribution < 1.29 is 9.21 Å². The van der Waals surface area contributed by atoms with Gasteiger partial charge in [0.25, 0.3) is 5.22 Å². The summed E-state index contributed by atoms with van der Waals surface area (Å²) in [7, 11) is 0. The van der Waals surface area contributed by atoms with Gasteiger partial charge in [-0.25, -0.2) is 0 Å². The first-order valence-corrected chi connectivity index (χ1v) is 8.99. The zero-order chi connectivity index (χ0) is 18.4. The fourth-order valence-corrected chi connectivity index (χ4v) is 2.85. The molecule has 0 aliphatic heterocycles. The van der Waals surface area contributed by atoms with E-state index in [0.717, 1.165) is 17.3 Å². The topological polar surface area (TPSA) is 91.8 Å². The van der Waals surface area contributed by atoms with E-state index in [-0.39, 0.29) is 11.7 Å². The first kappa shape index (κ1) is 18.0. The van der Waals surface area contributed by atoms with Gasteiger partial charge in [0.15, 0.2) is 0 Å². The highest BCUT2D eigenvalue weighted by atomic mass is 35.5. The van der Waals surface area contributed by atoms with E-state index in [0.29, 0.717) is 33.8 Å². The number of rotatable bonds is 6. The van der Waals surface area contributed by atoms with Gasteiger partial charge in [-0.05, 0) is 29.8 Å². The van der Waals surface area contributed by atoms with Crippen LogP contribution >= 0.6 is 23.4 Å². The van der Waals surface area contributed by atoms with Crippen LogP contribution in [0.1, 0.15) is 17.0 Å². The lowest BCUT2D eigenvalue weighted by Crippen LogP contribution is -2.14. The van der Waals surface area contributed by atoms with E-state index in [9.17, 15) is 4.79 Å². The van der Waals surface area contributed by atoms with Crippen LogP contribution in [0.4, 0.5) is 5.69 Å². The number of nitriles is 1. The molecule has 1 amide bonds. The maximum absolute atomic E-state index is 12.0. The summed E-state index contributed by atoms with van der Waals surface area (Å²) in [6.45, 7) is 0. The van der Waals surface area contributed by atoms with Crippen LogP contribution in [0, 0.1) is 11.3 Å². The summed E-state index contributed by atoms with van der Waals surface area (Å²) < 4.78 is 5.54. The predicted molar refractivity (Wildman–Crippen MR) is 99.1 cm³/mol. The highest BCUT2D eigenvalue weighted by Gasteiger charge is 2.11. The summed E-state index contributed by atoms with van der Waals surface area (Å²) in [4.78, 5) is 12.0. The van der Waals surface area contributed by atoms with Gasteiger partial charge in [-0.1, -0.05) is 47.6 Å². The number of nitrogens with one attached hydrogen (secondary N) is 1. The van der Waals surface area contributed by atoms with Crippen molar-refractivity contribution in [3.63, 3.8) is 0 Å². The monoisotopic (exact) mass is 384 g/mol. The molecule has 0 saturated heterocycles. The summed E-state index contributed by atoms with van der Waals surface area (Å²) in [5.41, 5.74) is 1.89. The third-order valence-corrected chi connectivity index (χ3v) is 4.44. The van der Waals surface area contributed by atoms with Crippen molar-refractivity contribution >= 4 is 35.0 Å². The minimum Gasteiger partial charge on any atom is -0.416 e. The first-order chi connectivity index (χ1) is 12.6. The third kappa shape index (κ3) is 4.85. The molecule has 3 aromatic rings. The Balaban J connectivity index is 1.53. The second-order valence-corrected chi connectivity index (χ2v) is 6.62. The molecule has 8 heteroatoms. The zero-order valence-electron chi connectivity index (χ0n) is 13.5. The Morgan fingerprint density at radius 2 is 1.96 bits per heavy atom. The number of benzene rings is 2. The fourth-order valence-electron chi connectivity index (χ4n) is 2.15. The molecular formula is C18H13ClN4O2S. The molecule has 0 bridgehead atoms. The Hall–Kier alpha value is -2.82. The van der Waals surface area contributed by atoms with Crippen molar-refractivity contribution in [1.29, 1.82) is 5.26 Å². The minimum absolute atomic E-state index is 0.0995. The van der Waals surface area contributed by atoms with Crippen molar-refractivity contribution in [1.82, 2.24) is 10.2 Å². The van der Waals surface area contributed by atoms with Crippen molar-refractivity contribution in [2.45, 2.75) is 11.6 Å². The first-order valence-electron chi connectivity index (χ1n) is 7.62. The molecule has 26 heavy (non-hydrogen) atoms. The van der Waals surface area contributed by atoms with Gasteiger partial charge in [0.05, 0.1) is 23.4 Å². The van der Waals surface area contributed by atoms with Gasteiger partial charge >= 0.3 is 0 Å². The molecule has 130 valence electrons. The largest absolute Gasteiger partial charge is 0.416 e. The number of aromatic nitrogens is 2. The molecule has 2 aromatic carbocycles. The second-order valence-electron chi connectivity index (χ2n) is 5.26. The molecule has 6 nitrogen and oxygen atoms in total. The molecule has 0 fully saturated rings. The summed E-state index contributed by atoms with van der Waals surface area (Å²) in [5.74, 6) is 0.308. The minimum atomic E-state index is -0.254. The zero-order valence-corrected chi connectivity index (χ0v) is 15.0. The van der Waals surface area contributed by atoms with E-state index in [2.05, 4.69) is 15.5 Å². The lowest BCUT2D eigenvalue weighted by molar-refractivity contribution is -0.113. The molecule has 0 unspecified atom stereocenters. The molecular weight excluding hydrogens is 372 g/mol. The lowest BCUT2D eigenvalue weighted by Gasteiger charge is -2.05. The SMILES string of the molecule is N#Cc1ccccc1NC(=O)CSc1nnc(Cc2ccc(Cl)cc2)o1. The Kier molecular flexibility index (Phi) is 5.89. The summed E-state index contributed by atoms with van der Waals surface area (Å²) in [6.07, 6.45) is 0.493. The van der Waals surface area contributed by atoms with E-state index >= 15 is 0 Å². The number of amides is 1. The summed E-state index contributed by atoms with van der Waals surface area (Å²) in [6, 6.07) is 16.2. The van der Waals surface area contributed by atoms with Gasteiger partial charge in [0.2, 0.25) is 11.8 Å². The van der Waals surface area contributed by atoms with Crippen molar-refractivity contribution in [3.8, 4) is 6.07 Å². The van der Waals surface area contributed by atoms with Gasteiger partial charge in [-0.3, -0.25) is 4.79 Å². The molecule has 3 rings (SSSR count). The molecule has 0 radical (unpaired) electrons. The van der Waals surface area contributed by atoms with Gasteiger partial charge in [-0.2, -0.15) is 5.26 Å². The average molecular weight is 385 g/mol. The fraction of sp³-hybridized carbons (Fsp3) is 0.111. The molecule has 1 heterocycles. The number of anilines is 1. The van der Waals surface area contributed by atoms with Crippen LogP contribution in [0.2, 0.25) is 5.02 Å². The van der Waals surface area contributed by atoms with Crippen LogP contribution in [0.25, 0.3) is 0 Å². The number of nitrogens with zero attached hydrogens (tertiary/aromatic N) is 3. The summed E-state index contributed by atoms with van der Waals surface area (Å²) in [5, 5.41) is 20.6. The molecule has 0 atom stereocenters. The Bertz CT molecular complexity index is 950. The Morgan fingerprint density at radius 3 is 2.73 bits per heavy atom. The Labute approximate surface area is 159 Å². The van der Waals surface area contributed by atoms with Gasteiger partial charge in [-0.15, -0.1) is 10.2 Å². The van der Waals surface area contributed by atoms with E-state index in [1.165, 1.54) is 0 Å². The molecule has 0 aliphatic carbocycles. The number of hydrogen-bond donors (Lipinski definition) is 1. The van der Waals surface area contributed by atoms with Crippen LogP contribution in [0.15, 0.2) is 58.2 Å². The van der Waals surface area contributed by atoms with E-state index in [4.69, 9.17) is 21.3 Å². The van der Waals surface area contributed by atoms with E-state index in [1.54, 1.807) is 36.4 Å². The van der Waals surface area contributed by atoms with E-state index in [1.807, 2.05) is 18.2 Å². The van der Waals surface area contributed by atoms with Crippen LogP contribution in [0.5, 0.6) is 0 Å². The number of halogens is 1. The second kappa shape index (κ2) is 8.52. The standard InChI is InChI=1S/C18H13ClN4O2S/c19-14-7-5-12(6-8-14)9-17-22-23-18(25-17)26-11-16(24)21-15-4-2-1-3-13(15)10-20/h1-8H,9,11H2,(H,21,24). The predicted octanol–water partition coefficient (Wildman–Crippen LogP) is 3.92. The van der Waals surface area contributed by atoms with Gasteiger partial charge < -0.3 is 9.73 Å². The van der Waals surface area contributed by atoms with Gasteiger partial charge in [0, 0.05) is 5.02 Å². The number of thioether (sulfide) groups is 1. The number of carbonyl (C=O) groups is 1. The summed E-state index contributed by atoms with van der Waals surface area (Å²) >= 11 is 7.00. The van der Waals surface area contributed by atoms with Gasteiger partial charge in [0.1, 0.15) is 6.07 Å². The lowest BCUT2D eigenvalue weighted by atomic mass is 10.1. The van der Waals surface area contributed by atoms with Crippen LogP contribution in [-0.4, -0.2) is 21.9 Å². The van der Waals surface area contributed by atoms with Crippen LogP contribution in [0.3, 0.4) is 0 Å². The molecule has 0 saturated carbocycles. The molecule has 0 aliphatic rings. The number of para-hydroxylation sites is 1. The number of hydrogen-bond acceptors (Lipinski definition) is 6. The highest BCUT2D eigenvalue weighted by Crippen LogP contribution is 2.20. The normalized spacial score (nSPS) is 10.3. The molecule has 1 N–H and O–H groups in total. The smallest absolute Gasteiger partial charge is 0.277 e. The van der Waals surface area contributed by atoms with Crippen LogP contribution in [-0.2, 0) is 11.2 Å². The molecule has 0 spiro atoms. The third-order valence-electron chi connectivity index (χ3n) is 3.37. The number of carbonyl (C=O) groups excluding carboxylic acids is 1. The highest BCUT2D eigenvalue weighted by molar-refractivity contribution is 7.99. The van der Waals surface area contributed by atoms with Crippen molar-refractivity contribution in [2.75, 3.05) is 11.1 Å². The molecule has 1 aromatic heterocycles. The maximum atomic E-state index is 12.0. The Morgan fingerprint density at radius 1 is 1.19 bits per heavy atom.